The van der Waals surface area contributed by atoms with Crippen molar-refractivity contribution >= 4 is 10.9 Å². The molecule has 1 aliphatic rings. The van der Waals surface area contributed by atoms with Crippen LogP contribution < -0.4 is 5.56 Å². The van der Waals surface area contributed by atoms with Crippen molar-refractivity contribution in [3.8, 4) is 11.3 Å². The minimum absolute atomic E-state index is 0.0836. The van der Waals surface area contributed by atoms with Gasteiger partial charge in [0.05, 0.1) is 16.6 Å². The number of aryl methyl sites for hydroxylation is 1. The molecule has 0 saturated heterocycles. The Hall–Kier alpha value is -2.49. The number of hydrogen-bond acceptors (Lipinski definition) is 3. The van der Waals surface area contributed by atoms with Crippen LogP contribution >= 0.6 is 0 Å². The fourth-order valence-corrected chi connectivity index (χ4v) is 3.37. The highest BCUT2D eigenvalue weighted by molar-refractivity contribution is 5.83. The van der Waals surface area contributed by atoms with Crippen molar-refractivity contribution in [1.82, 2.24) is 14.5 Å². The lowest BCUT2D eigenvalue weighted by Gasteiger charge is -2.20. The first kappa shape index (κ1) is 15.1. The Morgan fingerprint density at radius 2 is 2.00 bits per heavy atom. The van der Waals surface area contributed by atoms with Crippen LogP contribution in [0.5, 0.6) is 0 Å². The van der Waals surface area contributed by atoms with E-state index in [1.807, 2.05) is 41.0 Å². The molecule has 0 fully saturated rings. The average molecular weight is 319 g/mol. The van der Waals surface area contributed by atoms with Crippen LogP contribution in [0.15, 0.2) is 47.4 Å². The number of benzene rings is 1. The Labute approximate surface area is 141 Å². The van der Waals surface area contributed by atoms with Gasteiger partial charge in [0, 0.05) is 24.7 Å². The SMILES string of the molecule is CC1(C)CCc2nc3cc(-c4ccccn4)ccc3c(=O)n2CC1. The molecule has 1 aromatic carbocycles. The third kappa shape index (κ3) is 2.62. The van der Waals surface area contributed by atoms with Crippen molar-refractivity contribution < 1.29 is 0 Å². The second-order valence-electron chi connectivity index (χ2n) is 7.35. The smallest absolute Gasteiger partial charge is 0.261 e. The standard InChI is InChI=1S/C20H21N3O/c1-20(2)9-8-18-22-17-13-14(16-5-3-4-11-21-16)6-7-15(17)19(24)23(18)12-10-20/h3-7,11,13H,8-10,12H2,1-2H3. The van der Waals surface area contributed by atoms with Gasteiger partial charge in [-0.05, 0) is 42.5 Å². The van der Waals surface area contributed by atoms with Crippen molar-refractivity contribution in [1.29, 1.82) is 0 Å². The Morgan fingerprint density at radius 1 is 1.12 bits per heavy atom. The van der Waals surface area contributed by atoms with Gasteiger partial charge in [0.2, 0.25) is 0 Å². The lowest BCUT2D eigenvalue weighted by atomic mass is 9.85. The summed E-state index contributed by atoms with van der Waals surface area (Å²) in [4.78, 5) is 22.1. The van der Waals surface area contributed by atoms with E-state index in [-0.39, 0.29) is 11.0 Å². The molecule has 0 amide bonds. The summed E-state index contributed by atoms with van der Waals surface area (Å²) in [6, 6.07) is 11.7. The van der Waals surface area contributed by atoms with Gasteiger partial charge >= 0.3 is 0 Å². The van der Waals surface area contributed by atoms with Crippen LogP contribution in [0.25, 0.3) is 22.2 Å². The average Bonchev–Trinajstić information content (AvgIpc) is 2.74. The van der Waals surface area contributed by atoms with Crippen LogP contribution in [-0.4, -0.2) is 14.5 Å². The highest BCUT2D eigenvalue weighted by Gasteiger charge is 2.24. The predicted molar refractivity (Wildman–Crippen MR) is 96.0 cm³/mol. The molecule has 122 valence electrons. The topological polar surface area (TPSA) is 47.8 Å². The van der Waals surface area contributed by atoms with Gasteiger partial charge in [-0.15, -0.1) is 0 Å². The predicted octanol–water partition coefficient (Wildman–Crippen LogP) is 3.82. The second-order valence-corrected chi connectivity index (χ2v) is 7.35. The van der Waals surface area contributed by atoms with Crippen molar-refractivity contribution in [2.45, 2.75) is 39.7 Å². The number of pyridine rings is 1. The second kappa shape index (κ2) is 5.55. The summed E-state index contributed by atoms with van der Waals surface area (Å²) in [5, 5.41) is 0.693. The zero-order valence-electron chi connectivity index (χ0n) is 14.1. The number of hydrogen-bond donors (Lipinski definition) is 0. The quantitative estimate of drug-likeness (QED) is 0.685. The van der Waals surface area contributed by atoms with Crippen LogP contribution in [0.1, 0.15) is 32.5 Å². The van der Waals surface area contributed by atoms with E-state index in [0.717, 1.165) is 48.4 Å². The normalized spacial score (nSPS) is 16.6. The number of nitrogens with zero attached hydrogens (tertiary/aromatic N) is 3. The molecule has 4 nitrogen and oxygen atoms in total. The van der Waals surface area contributed by atoms with Gasteiger partial charge in [0.15, 0.2) is 0 Å². The molecule has 2 aromatic heterocycles. The highest BCUT2D eigenvalue weighted by Crippen LogP contribution is 2.30. The molecule has 0 saturated carbocycles. The molecule has 3 aromatic rings. The van der Waals surface area contributed by atoms with E-state index >= 15 is 0 Å². The zero-order valence-corrected chi connectivity index (χ0v) is 14.1. The van der Waals surface area contributed by atoms with Crippen LogP contribution in [0.3, 0.4) is 0 Å². The fourth-order valence-electron chi connectivity index (χ4n) is 3.37. The fraction of sp³-hybridized carbons (Fsp3) is 0.350. The van der Waals surface area contributed by atoms with E-state index in [0.29, 0.717) is 5.39 Å². The summed E-state index contributed by atoms with van der Waals surface area (Å²) in [6.07, 6.45) is 4.71. The minimum atomic E-state index is 0.0836. The molecule has 4 rings (SSSR count). The molecule has 0 N–H and O–H groups in total. The molecule has 3 heterocycles. The van der Waals surface area contributed by atoms with Gasteiger partial charge in [0.1, 0.15) is 5.82 Å². The molecule has 0 spiro atoms. The maximum absolute atomic E-state index is 12.9. The molecule has 0 bridgehead atoms. The Morgan fingerprint density at radius 3 is 2.79 bits per heavy atom. The third-order valence-corrected chi connectivity index (χ3v) is 5.03. The molecule has 0 radical (unpaired) electrons. The number of aromatic nitrogens is 3. The maximum Gasteiger partial charge on any atom is 0.261 e. The van der Waals surface area contributed by atoms with Crippen LogP contribution in [0, 0.1) is 5.41 Å². The minimum Gasteiger partial charge on any atom is -0.296 e. The van der Waals surface area contributed by atoms with Gasteiger partial charge in [-0.2, -0.15) is 0 Å². The molecule has 0 atom stereocenters. The summed E-state index contributed by atoms with van der Waals surface area (Å²) in [7, 11) is 0. The van der Waals surface area contributed by atoms with Gasteiger partial charge < -0.3 is 0 Å². The van der Waals surface area contributed by atoms with Crippen LogP contribution in [0.4, 0.5) is 0 Å². The van der Waals surface area contributed by atoms with Crippen molar-refractivity contribution in [2.24, 2.45) is 5.41 Å². The first-order valence-corrected chi connectivity index (χ1v) is 8.48. The highest BCUT2D eigenvalue weighted by atomic mass is 16.1. The lowest BCUT2D eigenvalue weighted by molar-refractivity contribution is 0.307. The zero-order chi connectivity index (χ0) is 16.7. The maximum atomic E-state index is 12.9. The first-order valence-electron chi connectivity index (χ1n) is 8.48. The van der Waals surface area contributed by atoms with E-state index < -0.39 is 0 Å². The number of rotatable bonds is 1. The molecular formula is C20H21N3O. The Kier molecular flexibility index (Phi) is 3.48. The van der Waals surface area contributed by atoms with Crippen LogP contribution in [0.2, 0.25) is 0 Å². The van der Waals surface area contributed by atoms with Crippen molar-refractivity contribution in [3.63, 3.8) is 0 Å². The van der Waals surface area contributed by atoms with Gasteiger partial charge in [-0.25, -0.2) is 4.98 Å². The van der Waals surface area contributed by atoms with Gasteiger partial charge in [0.25, 0.3) is 5.56 Å². The molecule has 4 heteroatoms. The Balaban J connectivity index is 1.87. The van der Waals surface area contributed by atoms with E-state index in [4.69, 9.17) is 4.98 Å². The lowest BCUT2D eigenvalue weighted by Crippen LogP contribution is -2.24. The number of fused-ring (bicyclic) bond motifs is 2. The monoisotopic (exact) mass is 319 g/mol. The van der Waals surface area contributed by atoms with Gasteiger partial charge in [-0.3, -0.25) is 14.3 Å². The molecule has 0 aliphatic carbocycles. The summed E-state index contributed by atoms with van der Waals surface area (Å²) < 4.78 is 1.87. The summed E-state index contributed by atoms with van der Waals surface area (Å²) in [5.41, 5.74) is 3.01. The molecule has 1 aliphatic heterocycles. The third-order valence-electron chi connectivity index (χ3n) is 5.03. The van der Waals surface area contributed by atoms with Crippen molar-refractivity contribution in [2.75, 3.05) is 0 Å². The first-order chi connectivity index (χ1) is 11.5. The van der Waals surface area contributed by atoms with Gasteiger partial charge in [-0.1, -0.05) is 26.0 Å². The van der Waals surface area contributed by atoms with Crippen molar-refractivity contribution in [3.05, 3.63) is 58.8 Å². The summed E-state index contributed by atoms with van der Waals surface area (Å²) >= 11 is 0. The van der Waals surface area contributed by atoms with E-state index in [1.54, 1.807) is 6.20 Å². The molecule has 24 heavy (non-hydrogen) atoms. The van der Waals surface area contributed by atoms with E-state index in [1.165, 1.54) is 0 Å². The van der Waals surface area contributed by atoms with E-state index in [2.05, 4.69) is 18.8 Å². The molecular weight excluding hydrogens is 298 g/mol. The largest absolute Gasteiger partial charge is 0.296 e. The molecule has 0 unspecified atom stereocenters. The summed E-state index contributed by atoms with van der Waals surface area (Å²) in [5.74, 6) is 0.913. The van der Waals surface area contributed by atoms with E-state index in [9.17, 15) is 4.79 Å². The Bertz CT molecular complexity index is 958. The summed E-state index contributed by atoms with van der Waals surface area (Å²) in [6.45, 7) is 5.29. The van der Waals surface area contributed by atoms with Crippen LogP contribution in [-0.2, 0) is 13.0 Å².